The summed E-state index contributed by atoms with van der Waals surface area (Å²) < 4.78 is 29.8. The van der Waals surface area contributed by atoms with E-state index in [-0.39, 0.29) is 17.6 Å². The molecular formula is C16H18N2O4S. The molecule has 0 aliphatic heterocycles. The summed E-state index contributed by atoms with van der Waals surface area (Å²) >= 11 is 0. The number of nitrogens with zero attached hydrogens (tertiary/aromatic N) is 1. The highest BCUT2D eigenvalue weighted by Gasteiger charge is 2.33. The molecule has 0 bridgehead atoms. The van der Waals surface area contributed by atoms with Crippen LogP contribution < -0.4 is 5.32 Å². The van der Waals surface area contributed by atoms with E-state index in [0.29, 0.717) is 5.69 Å². The Morgan fingerprint density at radius 2 is 2.04 bits per heavy atom. The highest BCUT2D eigenvalue weighted by molar-refractivity contribution is 7.92. The van der Waals surface area contributed by atoms with Gasteiger partial charge in [-0.05, 0) is 19.8 Å². The maximum atomic E-state index is 12.3. The van der Waals surface area contributed by atoms with Crippen LogP contribution in [0.5, 0.6) is 0 Å². The molecule has 1 fully saturated rings. The summed E-state index contributed by atoms with van der Waals surface area (Å²) in [5, 5.41) is 5.50. The molecule has 1 aromatic carbocycles. The predicted octanol–water partition coefficient (Wildman–Crippen LogP) is 1.92. The second-order valence-electron chi connectivity index (χ2n) is 5.78. The van der Waals surface area contributed by atoms with Crippen molar-refractivity contribution in [1.29, 1.82) is 0 Å². The number of aromatic nitrogens is 1. The number of hydrogen-bond acceptors (Lipinski definition) is 5. The van der Waals surface area contributed by atoms with Gasteiger partial charge < -0.3 is 9.84 Å². The lowest BCUT2D eigenvalue weighted by molar-refractivity contribution is -0.120. The van der Waals surface area contributed by atoms with Crippen LogP contribution in [0, 0.1) is 0 Å². The monoisotopic (exact) mass is 334 g/mol. The zero-order chi connectivity index (χ0) is 16.4. The average Bonchev–Trinajstić information content (AvgIpc) is 3.23. The van der Waals surface area contributed by atoms with Crippen LogP contribution in [0.25, 0.3) is 11.3 Å². The van der Waals surface area contributed by atoms with Crippen molar-refractivity contribution in [2.45, 2.75) is 36.8 Å². The maximum absolute atomic E-state index is 12.3. The van der Waals surface area contributed by atoms with Gasteiger partial charge in [-0.1, -0.05) is 35.5 Å². The summed E-state index contributed by atoms with van der Waals surface area (Å²) in [7, 11) is -3.65. The lowest BCUT2D eigenvalue weighted by Gasteiger charge is -2.11. The molecule has 0 radical (unpaired) electrons. The highest BCUT2D eigenvalue weighted by Crippen LogP contribution is 2.22. The van der Waals surface area contributed by atoms with Crippen LogP contribution in [-0.2, 0) is 20.4 Å². The Hall–Kier alpha value is -2.15. The first-order valence-electron chi connectivity index (χ1n) is 7.48. The zero-order valence-electron chi connectivity index (χ0n) is 12.7. The van der Waals surface area contributed by atoms with Crippen LogP contribution in [0.1, 0.15) is 25.5 Å². The smallest absolute Gasteiger partial charge is 0.238 e. The topological polar surface area (TPSA) is 89.3 Å². The average molecular weight is 334 g/mol. The van der Waals surface area contributed by atoms with Crippen LogP contribution in [0.2, 0.25) is 0 Å². The van der Waals surface area contributed by atoms with Crippen molar-refractivity contribution in [3.8, 4) is 11.3 Å². The van der Waals surface area contributed by atoms with Crippen molar-refractivity contribution in [2.24, 2.45) is 0 Å². The fraction of sp³-hybridized carbons (Fsp3) is 0.375. The minimum absolute atomic E-state index is 0.134. The summed E-state index contributed by atoms with van der Waals surface area (Å²) in [5.74, 6) is -0.559. The minimum atomic E-state index is -3.65. The number of rotatable bonds is 6. The predicted molar refractivity (Wildman–Crippen MR) is 85.2 cm³/mol. The fourth-order valence-electron chi connectivity index (χ4n) is 2.16. The molecular weight excluding hydrogens is 316 g/mol. The van der Waals surface area contributed by atoms with Crippen LogP contribution in [0.3, 0.4) is 0 Å². The van der Waals surface area contributed by atoms with Gasteiger partial charge >= 0.3 is 0 Å². The molecule has 0 spiro atoms. The van der Waals surface area contributed by atoms with E-state index in [1.807, 2.05) is 30.3 Å². The lowest BCUT2D eigenvalue weighted by atomic mass is 10.1. The Balaban J connectivity index is 1.70. The summed E-state index contributed by atoms with van der Waals surface area (Å²) in [4.78, 5) is 11.9. The maximum Gasteiger partial charge on any atom is 0.238 e. The van der Waals surface area contributed by atoms with E-state index in [0.717, 1.165) is 18.4 Å². The molecule has 1 N–H and O–H groups in total. The van der Waals surface area contributed by atoms with Crippen molar-refractivity contribution in [1.82, 2.24) is 10.5 Å². The van der Waals surface area contributed by atoms with Crippen LogP contribution >= 0.6 is 0 Å². The molecule has 1 atom stereocenters. The van der Waals surface area contributed by atoms with Crippen molar-refractivity contribution in [3.05, 3.63) is 42.2 Å². The van der Waals surface area contributed by atoms with Gasteiger partial charge in [0, 0.05) is 17.7 Å². The van der Waals surface area contributed by atoms with E-state index in [2.05, 4.69) is 10.5 Å². The Morgan fingerprint density at radius 3 is 2.70 bits per heavy atom. The van der Waals surface area contributed by atoms with Gasteiger partial charge in [-0.3, -0.25) is 4.79 Å². The quantitative estimate of drug-likeness (QED) is 0.872. The molecule has 1 amide bonds. The summed E-state index contributed by atoms with van der Waals surface area (Å²) in [6, 6.07) is 11.1. The standard InChI is InChI=1S/C16H18N2O4S/c1-11(16(19)17-13-7-8-13)23(20,21)10-14-9-15(18-22-14)12-5-3-2-4-6-12/h2-6,9,11,13H,7-8,10H2,1H3,(H,17,19). The molecule has 1 aliphatic carbocycles. The number of hydrogen-bond donors (Lipinski definition) is 1. The number of benzene rings is 1. The van der Waals surface area contributed by atoms with Gasteiger partial charge in [0.2, 0.25) is 5.91 Å². The molecule has 122 valence electrons. The van der Waals surface area contributed by atoms with Crippen LogP contribution in [0.4, 0.5) is 0 Å². The molecule has 1 unspecified atom stereocenters. The molecule has 2 aromatic rings. The first-order chi connectivity index (χ1) is 11.0. The molecule has 1 heterocycles. The number of sulfone groups is 1. The van der Waals surface area contributed by atoms with Gasteiger partial charge in [-0.2, -0.15) is 0 Å². The first kappa shape index (κ1) is 15.7. The lowest BCUT2D eigenvalue weighted by Crippen LogP contribution is -2.39. The Labute approximate surface area is 134 Å². The molecule has 7 heteroatoms. The molecule has 1 saturated carbocycles. The zero-order valence-corrected chi connectivity index (χ0v) is 13.5. The third-order valence-electron chi connectivity index (χ3n) is 3.80. The van der Waals surface area contributed by atoms with E-state index in [9.17, 15) is 13.2 Å². The number of amides is 1. The third-order valence-corrected chi connectivity index (χ3v) is 5.78. The minimum Gasteiger partial charge on any atom is -0.360 e. The third kappa shape index (κ3) is 3.79. The molecule has 1 aliphatic rings. The van der Waals surface area contributed by atoms with Gasteiger partial charge in [-0.15, -0.1) is 0 Å². The molecule has 23 heavy (non-hydrogen) atoms. The number of nitrogens with one attached hydrogen (secondary N) is 1. The highest BCUT2D eigenvalue weighted by atomic mass is 32.2. The van der Waals surface area contributed by atoms with E-state index in [1.54, 1.807) is 6.07 Å². The Kier molecular flexibility index (Phi) is 4.21. The van der Waals surface area contributed by atoms with Crippen molar-refractivity contribution < 1.29 is 17.7 Å². The largest absolute Gasteiger partial charge is 0.360 e. The van der Waals surface area contributed by atoms with E-state index >= 15 is 0 Å². The molecule has 3 rings (SSSR count). The summed E-state index contributed by atoms with van der Waals surface area (Å²) in [6.07, 6.45) is 1.84. The van der Waals surface area contributed by atoms with Crippen LogP contribution in [0.15, 0.2) is 40.9 Å². The van der Waals surface area contributed by atoms with Crippen molar-refractivity contribution in [2.75, 3.05) is 0 Å². The summed E-state index contributed by atoms with van der Waals surface area (Å²) in [5.41, 5.74) is 1.42. The van der Waals surface area contributed by atoms with Crippen molar-refractivity contribution in [3.63, 3.8) is 0 Å². The molecule has 0 saturated heterocycles. The SMILES string of the molecule is CC(C(=O)NC1CC1)S(=O)(=O)Cc1cc(-c2ccccc2)no1. The fourth-order valence-corrected chi connectivity index (χ4v) is 3.34. The second kappa shape index (κ2) is 6.16. The normalized spacial score (nSPS) is 16.0. The van der Waals surface area contributed by atoms with E-state index < -0.39 is 21.0 Å². The van der Waals surface area contributed by atoms with Gasteiger partial charge in [0.05, 0.1) is 0 Å². The van der Waals surface area contributed by atoms with Crippen LogP contribution in [-0.4, -0.2) is 30.8 Å². The van der Waals surface area contributed by atoms with Gasteiger partial charge in [-0.25, -0.2) is 8.42 Å². The van der Waals surface area contributed by atoms with Crippen molar-refractivity contribution >= 4 is 15.7 Å². The van der Waals surface area contributed by atoms with E-state index in [4.69, 9.17) is 4.52 Å². The molecule has 6 nitrogen and oxygen atoms in total. The number of carbonyl (C=O) groups is 1. The van der Waals surface area contributed by atoms with Gasteiger partial charge in [0.25, 0.3) is 0 Å². The first-order valence-corrected chi connectivity index (χ1v) is 9.20. The van der Waals surface area contributed by atoms with E-state index in [1.165, 1.54) is 6.92 Å². The second-order valence-corrected chi connectivity index (χ2v) is 8.10. The van der Waals surface area contributed by atoms with Gasteiger partial charge in [0.1, 0.15) is 16.7 Å². The number of carbonyl (C=O) groups excluding carboxylic acids is 1. The van der Waals surface area contributed by atoms with Gasteiger partial charge in [0.15, 0.2) is 15.6 Å². The summed E-state index contributed by atoms with van der Waals surface area (Å²) in [6.45, 7) is 1.40. The molecule has 1 aromatic heterocycles. The Morgan fingerprint density at radius 1 is 1.35 bits per heavy atom. The Bertz CT molecular complexity index is 794.